The van der Waals surface area contributed by atoms with Gasteiger partial charge in [-0.25, -0.2) is 0 Å². The third kappa shape index (κ3) is 7.34. The number of ether oxygens (including phenoxy) is 2. The van der Waals surface area contributed by atoms with Crippen LogP contribution in [0, 0.1) is 29.1 Å². The zero-order chi connectivity index (χ0) is 25.8. The number of carbonyl (C=O) groups excluding carboxylic acids is 2. The molecular formula is C30H42O5. The summed E-state index contributed by atoms with van der Waals surface area (Å²) in [4.78, 5) is 23.1. The van der Waals surface area contributed by atoms with Gasteiger partial charge in [0.05, 0.1) is 0 Å². The lowest BCUT2D eigenvalue weighted by Gasteiger charge is -2.42. The molecule has 2 fully saturated rings. The summed E-state index contributed by atoms with van der Waals surface area (Å²) < 4.78 is 11.0. The minimum atomic E-state index is -0.952. The van der Waals surface area contributed by atoms with Gasteiger partial charge in [-0.2, -0.15) is 0 Å². The van der Waals surface area contributed by atoms with Crippen molar-refractivity contribution in [2.75, 3.05) is 0 Å². The summed E-state index contributed by atoms with van der Waals surface area (Å²) in [6.45, 7) is 10.9. The Bertz CT molecular complexity index is 941. The van der Waals surface area contributed by atoms with Crippen molar-refractivity contribution >= 4 is 11.9 Å². The summed E-state index contributed by atoms with van der Waals surface area (Å²) in [7, 11) is 0. The first-order valence-corrected chi connectivity index (χ1v) is 13.0. The molecule has 3 rings (SSSR count). The fourth-order valence-corrected chi connectivity index (χ4v) is 6.28. The number of hydrogen-bond donors (Lipinski definition) is 1. The molecule has 0 saturated heterocycles. The number of allylic oxidation sites excluding steroid dienone is 5. The van der Waals surface area contributed by atoms with Gasteiger partial charge in [0.2, 0.25) is 0 Å². The average Bonchev–Trinajstić information content (AvgIpc) is 3.07. The highest BCUT2D eigenvalue weighted by atomic mass is 16.6. The highest BCUT2D eigenvalue weighted by Crippen LogP contribution is 2.56. The number of rotatable bonds is 5. The van der Waals surface area contributed by atoms with E-state index in [-0.39, 0.29) is 29.6 Å². The van der Waals surface area contributed by atoms with E-state index in [2.05, 4.69) is 43.9 Å². The first kappa shape index (κ1) is 27.3. The monoisotopic (exact) mass is 482 g/mol. The third-order valence-electron chi connectivity index (χ3n) is 7.65. The quantitative estimate of drug-likeness (QED) is 0.303. The van der Waals surface area contributed by atoms with Gasteiger partial charge in [-0.3, -0.25) is 9.59 Å². The van der Waals surface area contributed by atoms with E-state index in [4.69, 9.17) is 9.47 Å². The maximum atomic E-state index is 11.5. The van der Waals surface area contributed by atoms with Gasteiger partial charge in [0.15, 0.2) is 0 Å². The molecule has 35 heavy (non-hydrogen) atoms. The smallest absolute Gasteiger partial charge is 0.302 e. The van der Waals surface area contributed by atoms with Crippen molar-refractivity contribution in [2.45, 2.75) is 111 Å². The molecule has 0 unspecified atom stereocenters. The average molecular weight is 483 g/mol. The van der Waals surface area contributed by atoms with E-state index in [0.29, 0.717) is 31.1 Å². The molecule has 0 aromatic carbocycles. The van der Waals surface area contributed by atoms with Crippen molar-refractivity contribution in [3.05, 3.63) is 34.9 Å². The zero-order valence-electron chi connectivity index (χ0n) is 22.3. The van der Waals surface area contributed by atoms with Gasteiger partial charge >= 0.3 is 11.9 Å². The van der Waals surface area contributed by atoms with Crippen LogP contribution in [0.15, 0.2) is 34.9 Å². The van der Waals surface area contributed by atoms with Gasteiger partial charge < -0.3 is 14.6 Å². The Hall–Kier alpha value is -2.32. The third-order valence-corrected chi connectivity index (χ3v) is 7.65. The summed E-state index contributed by atoms with van der Waals surface area (Å²) in [5, 5.41) is 9.90. The minimum absolute atomic E-state index is 0.144. The number of aliphatic hydroxyl groups is 1. The van der Waals surface area contributed by atoms with Gasteiger partial charge in [0.1, 0.15) is 17.8 Å². The van der Waals surface area contributed by atoms with Crippen molar-refractivity contribution in [2.24, 2.45) is 17.3 Å². The topological polar surface area (TPSA) is 72.8 Å². The molecule has 3 aliphatic carbocycles. The number of carbonyl (C=O) groups is 2. The fraction of sp³-hybridized carbons (Fsp3) is 0.667. The molecule has 5 atom stereocenters. The highest BCUT2D eigenvalue weighted by molar-refractivity contribution is 5.67. The maximum absolute atomic E-state index is 11.5. The molecule has 0 aromatic rings. The Labute approximate surface area is 211 Å². The first-order valence-electron chi connectivity index (χ1n) is 13.0. The van der Waals surface area contributed by atoms with E-state index in [0.717, 1.165) is 31.3 Å². The summed E-state index contributed by atoms with van der Waals surface area (Å²) >= 11 is 0. The second-order valence-corrected chi connectivity index (χ2v) is 11.4. The summed E-state index contributed by atoms with van der Waals surface area (Å²) in [5.41, 5.74) is 3.34. The summed E-state index contributed by atoms with van der Waals surface area (Å²) in [5.74, 6) is 6.40. The van der Waals surface area contributed by atoms with Gasteiger partial charge in [0, 0.05) is 39.5 Å². The summed E-state index contributed by atoms with van der Waals surface area (Å²) in [6, 6.07) is 0. The molecule has 0 aromatic heterocycles. The van der Waals surface area contributed by atoms with Crippen LogP contribution < -0.4 is 0 Å². The standard InChI is InChI=1S/C30H42O5/c1-20(9-7-15-29(4,5)33)27-13-14-28-24(10-8-16-30(27,28)6)12-11-23-17-25(34-21(2)31)19-26(18-23)35-22(3)32/h11-13,20,25-26,28,33H,8-10,14,16-19H2,1-6H3/b24-12+/t20-,25-,26-,28+,30-/m1/s1. The van der Waals surface area contributed by atoms with Crippen molar-refractivity contribution in [1.29, 1.82) is 0 Å². The van der Waals surface area contributed by atoms with Crippen LogP contribution >= 0.6 is 0 Å². The lowest BCUT2D eigenvalue weighted by atomic mass is 9.62. The van der Waals surface area contributed by atoms with E-state index >= 15 is 0 Å². The predicted octanol–water partition coefficient (Wildman–Crippen LogP) is 5.82. The van der Waals surface area contributed by atoms with E-state index in [1.54, 1.807) is 13.8 Å². The van der Waals surface area contributed by atoms with Gasteiger partial charge in [-0.15, -0.1) is 0 Å². The number of esters is 2. The highest BCUT2D eigenvalue weighted by Gasteiger charge is 2.45. The molecule has 192 valence electrons. The lowest BCUT2D eigenvalue weighted by Crippen LogP contribution is -2.32. The summed E-state index contributed by atoms with van der Waals surface area (Å²) in [6.07, 6.45) is 13.6. The molecule has 0 heterocycles. The van der Waals surface area contributed by atoms with Crippen LogP contribution in [-0.2, 0) is 19.1 Å². The van der Waals surface area contributed by atoms with Crippen LogP contribution in [0.25, 0.3) is 0 Å². The van der Waals surface area contributed by atoms with Gasteiger partial charge in [-0.05, 0) is 56.8 Å². The molecule has 5 nitrogen and oxygen atoms in total. The first-order chi connectivity index (χ1) is 16.4. The zero-order valence-corrected chi connectivity index (χ0v) is 22.3. The minimum Gasteiger partial charge on any atom is -0.462 e. The second-order valence-electron chi connectivity index (χ2n) is 11.4. The van der Waals surface area contributed by atoms with Crippen LogP contribution in [0.1, 0.15) is 92.9 Å². The van der Waals surface area contributed by atoms with Crippen LogP contribution in [0.5, 0.6) is 0 Å². The van der Waals surface area contributed by atoms with Gasteiger partial charge in [0.25, 0.3) is 0 Å². The molecule has 0 amide bonds. The molecule has 0 spiro atoms. The van der Waals surface area contributed by atoms with E-state index < -0.39 is 5.60 Å². The molecule has 2 saturated carbocycles. The Balaban J connectivity index is 1.75. The molecule has 5 heteroatoms. The molecule has 3 aliphatic rings. The van der Waals surface area contributed by atoms with Crippen molar-refractivity contribution < 1.29 is 24.2 Å². The maximum Gasteiger partial charge on any atom is 0.302 e. The van der Waals surface area contributed by atoms with Crippen LogP contribution in [-0.4, -0.2) is 34.9 Å². The Morgan fingerprint density at radius 1 is 1.20 bits per heavy atom. The van der Waals surface area contributed by atoms with Crippen molar-refractivity contribution in [3.8, 4) is 11.8 Å². The Kier molecular flexibility index (Phi) is 8.70. The number of fused-ring (bicyclic) bond motifs is 1. The molecule has 0 radical (unpaired) electrons. The molecular weight excluding hydrogens is 440 g/mol. The normalized spacial score (nSPS) is 30.5. The van der Waals surface area contributed by atoms with Crippen molar-refractivity contribution in [3.63, 3.8) is 0 Å². The lowest BCUT2D eigenvalue weighted by molar-refractivity contribution is -0.154. The molecule has 1 N–H and O–H groups in total. The largest absolute Gasteiger partial charge is 0.462 e. The Morgan fingerprint density at radius 2 is 1.83 bits per heavy atom. The SMILES string of the molecule is CC(=O)O[C@@H]1CC(=C/C=C2\CCC[C@]3(C)C([C@H](C)CC#CC(C)(C)O)=CC[C@@H]23)C[C@@H](OC(C)=O)C1. The number of hydrogen-bond acceptors (Lipinski definition) is 5. The van der Waals surface area contributed by atoms with E-state index in [1.807, 2.05) is 0 Å². The van der Waals surface area contributed by atoms with Crippen LogP contribution in [0.4, 0.5) is 0 Å². The van der Waals surface area contributed by atoms with Gasteiger partial charge in [-0.1, -0.05) is 60.6 Å². The Morgan fingerprint density at radius 3 is 2.40 bits per heavy atom. The second kappa shape index (κ2) is 11.2. The van der Waals surface area contributed by atoms with Crippen LogP contribution in [0.2, 0.25) is 0 Å². The van der Waals surface area contributed by atoms with Crippen molar-refractivity contribution in [1.82, 2.24) is 0 Å². The predicted molar refractivity (Wildman–Crippen MR) is 137 cm³/mol. The van der Waals surface area contributed by atoms with Crippen LogP contribution in [0.3, 0.4) is 0 Å². The van der Waals surface area contributed by atoms with E-state index in [9.17, 15) is 14.7 Å². The van der Waals surface area contributed by atoms with E-state index in [1.165, 1.54) is 31.4 Å². The fourth-order valence-electron chi connectivity index (χ4n) is 6.28. The molecule has 0 aliphatic heterocycles. The molecule has 0 bridgehead atoms.